The van der Waals surface area contributed by atoms with E-state index in [1.807, 2.05) is 6.08 Å². The fourth-order valence-electron chi connectivity index (χ4n) is 6.99. The molecule has 0 amide bonds. The fourth-order valence-corrected chi connectivity index (χ4v) is 6.99. The molecule has 4 aliphatic carbocycles. The van der Waals surface area contributed by atoms with Crippen LogP contribution in [-0.2, 0) is 9.59 Å². The van der Waals surface area contributed by atoms with Crippen LogP contribution in [0, 0.1) is 34.5 Å². The Morgan fingerprint density at radius 1 is 1.25 bits per heavy atom. The summed E-state index contributed by atoms with van der Waals surface area (Å²) in [6, 6.07) is 0. The second-order valence-electron chi connectivity index (χ2n) is 9.04. The van der Waals surface area contributed by atoms with E-state index in [9.17, 15) is 14.7 Å². The van der Waals surface area contributed by atoms with Crippen LogP contribution in [-0.4, -0.2) is 22.8 Å². The summed E-state index contributed by atoms with van der Waals surface area (Å²) >= 11 is 0. The maximum atomic E-state index is 12.2. The summed E-state index contributed by atoms with van der Waals surface area (Å²) in [5.74, 6) is 1.61. The lowest BCUT2D eigenvalue weighted by molar-refractivity contribution is -0.137. The van der Waals surface area contributed by atoms with Gasteiger partial charge in [-0.05, 0) is 68.4 Å². The Hall–Kier alpha value is -1.22. The zero-order valence-corrected chi connectivity index (χ0v) is 14.9. The van der Waals surface area contributed by atoms with Crippen molar-refractivity contribution in [2.45, 2.75) is 59.0 Å². The van der Waals surface area contributed by atoms with Crippen LogP contribution in [0.5, 0.6) is 0 Å². The Labute approximate surface area is 144 Å². The highest BCUT2D eigenvalue weighted by Crippen LogP contribution is 2.65. The number of carbonyl (C=O) groups is 2. The van der Waals surface area contributed by atoms with Crippen molar-refractivity contribution in [1.82, 2.24) is 0 Å². The number of aliphatic hydroxyl groups excluding tert-OH is 1. The van der Waals surface area contributed by atoms with Gasteiger partial charge in [-0.1, -0.05) is 25.5 Å². The minimum Gasteiger partial charge on any atom is -0.393 e. The van der Waals surface area contributed by atoms with Gasteiger partial charge in [0, 0.05) is 17.3 Å². The third-order valence-corrected chi connectivity index (χ3v) is 7.98. The Bertz CT molecular complexity index is 660. The topological polar surface area (TPSA) is 54.4 Å². The van der Waals surface area contributed by atoms with E-state index in [4.69, 9.17) is 0 Å². The van der Waals surface area contributed by atoms with Crippen molar-refractivity contribution in [2.75, 3.05) is 0 Å². The highest BCUT2D eigenvalue weighted by Gasteiger charge is 2.62. The Kier molecular flexibility index (Phi) is 3.48. The first-order valence-electron chi connectivity index (χ1n) is 9.40. The first kappa shape index (κ1) is 16.3. The van der Waals surface area contributed by atoms with Crippen molar-refractivity contribution in [3.8, 4) is 0 Å². The number of hydrogen-bond acceptors (Lipinski definition) is 3. The van der Waals surface area contributed by atoms with Crippen molar-refractivity contribution in [2.24, 2.45) is 34.5 Å². The first-order chi connectivity index (χ1) is 11.3. The van der Waals surface area contributed by atoms with Gasteiger partial charge in [0.25, 0.3) is 0 Å². The Balaban J connectivity index is 1.74. The number of allylic oxidation sites excluding steroid dienone is 4. The summed E-state index contributed by atoms with van der Waals surface area (Å²) < 4.78 is 0. The zero-order chi connectivity index (χ0) is 17.3. The molecule has 0 unspecified atom stereocenters. The van der Waals surface area contributed by atoms with Gasteiger partial charge in [0.1, 0.15) is 5.78 Å². The molecule has 0 bridgehead atoms. The summed E-state index contributed by atoms with van der Waals surface area (Å²) in [4.78, 5) is 24.0. The number of Topliss-reactive ketones (excluding diaryl/α,β-unsaturated/α-hetero) is 1. The van der Waals surface area contributed by atoms with Gasteiger partial charge in [-0.2, -0.15) is 0 Å². The molecule has 0 aromatic carbocycles. The van der Waals surface area contributed by atoms with Crippen molar-refractivity contribution in [3.63, 3.8) is 0 Å². The van der Waals surface area contributed by atoms with E-state index < -0.39 is 6.10 Å². The molecule has 0 radical (unpaired) electrons. The zero-order valence-electron chi connectivity index (χ0n) is 14.9. The van der Waals surface area contributed by atoms with Crippen LogP contribution in [0.3, 0.4) is 0 Å². The second kappa shape index (κ2) is 5.14. The van der Waals surface area contributed by atoms with Crippen molar-refractivity contribution in [1.29, 1.82) is 0 Å². The maximum absolute atomic E-state index is 12.2. The third kappa shape index (κ3) is 2.00. The fraction of sp³-hybridized carbons (Fsp3) is 0.714. The number of fused-ring (bicyclic) bond motifs is 5. The standard InChI is InChI=1S/C21H28O3/c1-12(22)16-6-7-17-15-5-4-13-10-14(23)8-9-20(13,2)19(15)18(24)11-21(16,17)3/h8-10,15-19,24H,4-7,11H2,1-3H3/t15-,16-,17+,18+,19+,20-,21-/m0/s1. The number of ketones is 2. The van der Waals surface area contributed by atoms with E-state index in [-0.39, 0.29) is 34.2 Å². The van der Waals surface area contributed by atoms with E-state index in [0.717, 1.165) is 25.7 Å². The molecule has 0 saturated heterocycles. The van der Waals surface area contributed by atoms with Gasteiger partial charge in [0.05, 0.1) is 6.10 Å². The van der Waals surface area contributed by atoms with Gasteiger partial charge >= 0.3 is 0 Å². The van der Waals surface area contributed by atoms with Crippen molar-refractivity contribution >= 4 is 11.6 Å². The van der Waals surface area contributed by atoms with Crippen LogP contribution in [0.25, 0.3) is 0 Å². The largest absolute Gasteiger partial charge is 0.393 e. The molecule has 3 heteroatoms. The average molecular weight is 328 g/mol. The quantitative estimate of drug-likeness (QED) is 0.802. The molecule has 4 rings (SSSR count). The van der Waals surface area contributed by atoms with Crippen molar-refractivity contribution < 1.29 is 14.7 Å². The molecular weight excluding hydrogens is 300 g/mol. The first-order valence-corrected chi connectivity index (χ1v) is 9.40. The van der Waals surface area contributed by atoms with Gasteiger partial charge in [-0.15, -0.1) is 0 Å². The molecule has 3 nitrogen and oxygen atoms in total. The van der Waals surface area contributed by atoms with Crippen LogP contribution in [0.15, 0.2) is 23.8 Å². The maximum Gasteiger partial charge on any atom is 0.178 e. The van der Waals surface area contributed by atoms with Crippen LogP contribution in [0.2, 0.25) is 0 Å². The molecule has 0 spiro atoms. The average Bonchev–Trinajstić information content (AvgIpc) is 2.84. The highest BCUT2D eigenvalue weighted by molar-refractivity contribution is 6.01. The van der Waals surface area contributed by atoms with E-state index in [1.165, 1.54) is 5.57 Å². The molecular formula is C21H28O3. The molecule has 4 aliphatic rings. The van der Waals surface area contributed by atoms with Crippen LogP contribution in [0.1, 0.15) is 52.9 Å². The number of aliphatic hydroxyl groups is 1. The molecule has 1 N–H and O–H groups in total. The summed E-state index contributed by atoms with van der Waals surface area (Å²) in [6.45, 7) is 6.15. The van der Waals surface area contributed by atoms with Crippen molar-refractivity contribution in [3.05, 3.63) is 23.8 Å². The normalized spacial score (nSPS) is 49.9. The Morgan fingerprint density at radius 2 is 2.00 bits per heavy atom. The lowest BCUT2D eigenvalue weighted by Crippen LogP contribution is -2.56. The van der Waals surface area contributed by atoms with Gasteiger partial charge in [0.2, 0.25) is 0 Å². The Morgan fingerprint density at radius 3 is 2.71 bits per heavy atom. The van der Waals surface area contributed by atoms with Crippen LogP contribution in [0.4, 0.5) is 0 Å². The van der Waals surface area contributed by atoms with Gasteiger partial charge < -0.3 is 5.11 Å². The van der Waals surface area contributed by atoms with Crippen LogP contribution < -0.4 is 0 Å². The second-order valence-corrected chi connectivity index (χ2v) is 9.04. The predicted molar refractivity (Wildman–Crippen MR) is 92.2 cm³/mol. The highest BCUT2D eigenvalue weighted by atomic mass is 16.3. The molecule has 0 aliphatic heterocycles. The summed E-state index contributed by atoms with van der Waals surface area (Å²) in [6.07, 6.45) is 9.89. The minimum absolute atomic E-state index is 0.0573. The minimum atomic E-state index is -0.400. The number of rotatable bonds is 1. The molecule has 3 fully saturated rings. The molecule has 0 aromatic heterocycles. The van der Waals surface area contributed by atoms with E-state index >= 15 is 0 Å². The summed E-state index contributed by atoms with van der Waals surface area (Å²) in [5.41, 5.74) is 0.935. The van der Waals surface area contributed by atoms with Crippen LogP contribution >= 0.6 is 0 Å². The number of carbonyl (C=O) groups excluding carboxylic acids is 2. The van der Waals surface area contributed by atoms with Gasteiger partial charge in [-0.3, -0.25) is 9.59 Å². The molecule has 3 saturated carbocycles. The smallest absolute Gasteiger partial charge is 0.178 e. The van der Waals surface area contributed by atoms with Gasteiger partial charge in [0.15, 0.2) is 5.78 Å². The third-order valence-electron chi connectivity index (χ3n) is 7.98. The molecule has 0 heterocycles. The van der Waals surface area contributed by atoms with E-state index in [1.54, 1.807) is 19.1 Å². The molecule has 24 heavy (non-hydrogen) atoms. The molecule has 130 valence electrons. The molecule has 0 aromatic rings. The lowest BCUT2D eigenvalue weighted by atomic mass is 9.46. The summed E-state index contributed by atoms with van der Waals surface area (Å²) in [7, 11) is 0. The SMILES string of the molecule is CC(=O)[C@@H]1CC[C@@H]2[C@@H]3CCC4=CC(=O)C=C[C@]4(C)[C@H]3[C@H](O)C[C@]21C. The monoisotopic (exact) mass is 328 g/mol. The lowest BCUT2D eigenvalue weighted by Gasteiger charge is -2.58. The summed E-state index contributed by atoms with van der Waals surface area (Å²) in [5, 5.41) is 11.1. The molecule has 7 atom stereocenters. The number of hydrogen-bond donors (Lipinski definition) is 1. The van der Waals surface area contributed by atoms with E-state index in [0.29, 0.717) is 18.3 Å². The predicted octanol–water partition coefficient (Wildman–Crippen LogP) is 3.47. The van der Waals surface area contributed by atoms with Gasteiger partial charge in [-0.25, -0.2) is 0 Å². The van der Waals surface area contributed by atoms with E-state index in [2.05, 4.69) is 13.8 Å².